The van der Waals surface area contributed by atoms with E-state index in [1.807, 2.05) is 0 Å². The summed E-state index contributed by atoms with van der Waals surface area (Å²) in [6.45, 7) is 0. The van der Waals surface area contributed by atoms with E-state index in [-0.39, 0.29) is 5.69 Å². The number of hydrogen-bond donors (Lipinski definition) is 1. The lowest BCUT2D eigenvalue weighted by Gasteiger charge is -2.10. The normalized spacial score (nSPS) is 12.0. The van der Waals surface area contributed by atoms with Gasteiger partial charge in [0, 0.05) is 25.2 Å². The highest BCUT2D eigenvalue weighted by Crippen LogP contribution is 2.32. The zero-order valence-electron chi connectivity index (χ0n) is 13.8. The number of nitrogens with zero attached hydrogens (tertiary/aromatic N) is 3. The van der Waals surface area contributed by atoms with E-state index in [1.54, 1.807) is 31.4 Å². The van der Waals surface area contributed by atoms with Crippen molar-refractivity contribution in [3.05, 3.63) is 48.0 Å². The Morgan fingerprint density at radius 3 is 2.54 bits per heavy atom. The highest BCUT2D eigenvalue weighted by Gasteiger charge is 2.24. The van der Waals surface area contributed by atoms with E-state index >= 15 is 0 Å². The maximum absolute atomic E-state index is 13.8. The first-order valence-corrected chi connectivity index (χ1v) is 9.60. The summed E-state index contributed by atoms with van der Waals surface area (Å²) in [6, 6.07) is 7.56. The van der Waals surface area contributed by atoms with Gasteiger partial charge in [0.05, 0.1) is 11.0 Å². The predicted molar refractivity (Wildman–Crippen MR) is 98.6 cm³/mol. The molecule has 136 valence electrons. The average molecular weight is 396 g/mol. The molecule has 0 unspecified atom stereocenters. The highest BCUT2D eigenvalue weighted by molar-refractivity contribution is 7.92. The lowest BCUT2D eigenvalue weighted by Crippen LogP contribution is -2.16. The van der Waals surface area contributed by atoms with Crippen LogP contribution in [0.4, 0.5) is 20.3 Å². The highest BCUT2D eigenvalue weighted by atomic mass is 32.2. The SMILES string of the molecule is CN(C)C=Nc1nsc2ccc(NS(=O)(=O)c3c(F)cccc3F)cc12. The Kier molecular flexibility index (Phi) is 4.88. The molecule has 10 heteroatoms. The van der Waals surface area contributed by atoms with Gasteiger partial charge in [0.1, 0.15) is 11.6 Å². The lowest BCUT2D eigenvalue weighted by molar-refractivity contribution is 0.521. The third-order valence-corrected chi connectivity index (χ3v) is 5.55. The second kappa shape index (κ2) is 6.96. The van der Waals surface area contributed by atoms with E-state index in [0.29, 0.717) is 11.2 Å². The number of benzene rings is 2. The summed E-state index contributed by atoms with van der Waals surface area (Å²) in [6.07, 6.45) is 1.57. The fraction of sp³-hybridized carbons (Fsp3) is 0.125. The van der Waals surface area contributed by atoms with E-state index in [0.717, 1.165) is 22.9 Å². The van der Waals surface area contributed by atoms with Crippen molar-refractivity contribution < 1.29 is 17.2 Å². The number of sulfonamides is 1. The summed E-state index contributed by atoms with van der Waals surface area (Å²) in [5.41, 5.74) is 0.154. The molecule has 0 aliphatic carbocycles. The number of hydrogen-bond acceptors (Lipinski definition) is 5. The van der Waals surface area contributed by atoms with Crippen LogP contribution < -0.4 is 4.72 Å². The molecule has 26 heavy (non-hydrogen) atoms. The van der Waals surface area contributed by atoms with Crippen LogP contribution in [0.5, 0.6) is 0 Å². The van der Waals surface area contributed by atoms with E-state index < -0.39 is 26.6 Å². The first-order chi connectivity index (χ1) is 12.3. The van der Waals surface area contributed by atoms with Crippen LogP contribution in [0.15, 0.2) is 46.3 Å². The second-order valence-corrected chi connectivity index (χ2v) is 8.01. The summed E-state index contributed by atoms with van der Waals surface area (Å²) < 4.78 is 59.6. The van der Waals surface area contributed by atoms with Crippen LogP contribution in [-0.4, -0.2) is 38.1 Å². The minimum atomic E-state index is -4.43. The third-order valence-electron chi connectivity index (χ3n) is 3.30. The molecule has 0 radical (unpaired) electrons. The molecule has 0 saturated heterocycles. The zero-order chi connectivity index (χ0) is 18.9. The van der Waals surface area contributed by atoms with Crippen molar-refractivity contribution in [1.29, 1.82) is 0 Å². The fourth-order valence-corrected chi connectivity index (χ4v) is 4.09. The van der Waals surface area contributed by atoms with Gasteiger partial charge in [-0.3, -0.25) is 4.72 Å². The summed E-state index contributed by atoms with van der Waals surface area (Å²) in [7, 11) is -0.816. The number of aliphatic imine (C=N–C) groups is 1. The maximum atomic E-state index is 13.8. The Morgan fingerprint density at radius 2 is 1.88 bits per heavy atom. The Labute approximate surface area is 153 Å². The molecule has 0 fully saturated rings. The first-order valence-electron chi connectivity index (χ1n) is 7.35. The molecule has 0 atom stereocenters. The summed E-state index contributed by atoms with van der Waals surface area (Å²) >= 11 is 1.21. The van der Waals surface area contributed by atoms with Crippen molar-refractivity contribution >= 4 is 49.5 Å². The van der Waals surface area contributed by atoms with Gasteiger partial charge < -0.3 is 4.90 Å². The van der Waals surface area contributed by atoms with Crippen LogP contribution in [-0.2, 0) is 10.0 Å². The molecule has 0 saturated carbocycles. The molecule has 3 rings (SSSR count). The number of anilines is 1. The van der Waals surface area contributed by atoms with Crippen molar-refractivity contribution in [3.8, 4) is 0 Å². The Morgan fingerprint density at radius 1 is 1.19 bits per heavy atom. The van der Waals surface area contributed by atoms with Crippen molar-refractivity contribution in [2.75, 3.05) is 18.8 Å². The van der Waals surface area contributed by atoms with Gasteiger partial charge in [0.15, 0.2) is 10.7 Å². The van der Waals surface area contributed by atoms with E-state index in [2.05, 4.69) is 14.1 Å². The summed E-state index contributed by atoms with van der Waals surface area (Å²) in [4.78, 5) is 4.94. The first kappa shape index (κ1) is 18.2. The molecule has 0 bridgehead atoms. The molecule has 2 aromatic carbocycles. The molecule has 1 N–H and O–H groups in total. The van der Waals surface area contributed by atoms with Gasteiger partial charge in [-0.05, 0) is 41.9 Å². The quantitative estimate of drug-likeness (QED) is 0.528. The van der Waals surface area contributed by atoms with E-state index in [9.17, 15) is 17.2 Å². The van der Waals surface area contributed by atoms with Crippen LogP contribution in [0.3, 0.4) is 0 Å². The van der Waals surface area contributed by atoms with E-state index in [1.165, 1.54) is 23.7 Å². The van der Waals surface area contributed by atoms with Gasteiger partial charge >= 0.3 is 0 Å². The van der Waals surface area contributed by atoms with E-state index in [4.69, 9.17) is 0 Å². The summed E-state index contributed by atoms with van der Waals surface area (Å²) in [5, 5.41) is 0.627. The third kappa shape index (κ3) is 3.65. The predicted octanol–water partition coefficient (Wildman–Crippen LogP) is 3.60. The van der Waals surface area contributed by atoms with Crippen LogP contribution in [0.25, 0.3) is 10.1 Å². The van der Waals surface area contributed by atoms with Gasteiger partial charge in [0.2, 0.25) is 0 Å². The average Bonchev–Trinajstić information content (AvgIpc) is 2.94. The Balaban J connectivity index is 2.00. The Bertz CT molecular complexity index is 1070. The van der Waals surface area contributed by atoms with Crippen LogP contribution in [0.1, 0.15) is 0 Å². The molecule has 6 nitrogen and oxygen atoms in total. The number of nitrogens with one attached hydrogen (secondary N) is 1. The molecule has 0 amide bonds. The minimum Gasteiger partial charge on any atom is -0.369 e. The maximum Gasteiger partial charge on any atom is 0.267 e. The minimum absolute atomic E-state index is 0.154. The van der Waals surface area contributed by atoms with Gasteiger partial charge in [-0.25, -0.2) is 22.2 Å². The van der Waals surface area contributed by atoms with Crippen molar-refractivity contribution in [2.24, 2.45) is 4.99 Å². The number of rotatable bonds is 5. The van der Waals surface area contributed by atoms with Crippen molar-refractivity contribution in [2.45, 2.75) is 4.90 Å². The molecule has 3 aromatic rings. The topological polar surface area (TPSA) is 74.7 Å². The number of fused-ring (bicyclic) bond motifs is 1. The monoisotopic (exact) mass is 396 g/mol. The molecule has 1 heterocycles. The van der Waals surface area contributed by atoms with Gasteiger partial charge in [-0.2, -0.15) is 4.37 Å². The number of halogens is 2. The molecule has 0 aliphatic heterocycles. The van der Waals surface area contributed by atoms with Gasteiger partial charge in [0.25, 0.3) is 10.0 Å². The van der Waals surface area contributed by atoms with Crippen molar-refractivity contribution in [3.63, 3.8) is 0 Å². The largest absolute Gasteiger partial charge is 0.369 e. The number of aromatic nitrogens is 1. The lowest BCUT2D eigenvalue weighted by atomic mass is 10.2. The molecule has 0 spiro atoms. The smallest absolute Gasteiger partial charge is 0.267 e. The van der Waals surface area contributed by atoms with Gasteiger partial charge in [-0.15, -0.1) is 0 Å². The van der Waals surface area contributed by atoms with Gasteiger partial charge in [-0.1, -0.05) is 6.07 Å². The Hall–Kier alpha value is -2.59. The zero-order valence-corrected chi connectivity index (χ0v) is 15.4. The molecule has 1 aromatic heterocycles. The van der Waals surface area contributed by atoms with Crippen molar-refractivity contribution in [1.82, 2.24) is 9.27 Å². The molecular weight excluding hydrogens is 382 g/mol. The molecular formula is C16H14F2N4O2S2. The van der Waals surface area contributed by atoms with Crippen LogP contribution >= 0.6 is 11.5 Å². The fourth-order valence-electron chi connectivity index (χ4n) is 2.20. The second-order valence-electron chi connectivity index (χ2n) is 5.58. The van der Waals surface area contributed by atoms with Crippen LogP contribution in [0, 0.1) is 11.6 Å². The standard InChI is InChI=1S/C16H14F2N4O2S2/c1-22(2)9-19-16-11-8-10(6-7-14(11)25-20-16)21-26(23,24)15-12(17)4-3-5-13(15)18/h3-9,21H,1-2H3. The van der Waals surface area contributed by atoms with Crippen LogP contribution in [0.2, 0.25) is 0 Å². The summed E-state index contributed by atoms with van der Waals surface area (Å²) in [5.74, 6) is -1.89. The molecule has 0 aliphatic rings.